The molecule has 0 aromatic carbocycles. The Kier molecular flexibility index (Phi) is 4.85. The Morgan fingerprint density at radius 3 is 2.50 bits per heavy atom. The molecule has 100 valence electrons. The third-order valence-corrected chi connectivity index (χ3v) is 2.64. The number of likely N-dealkylation sites (N-methyl/N-ethyl adjacent to an activating group) is 1. The van der Waals surface area contributed by atoms with Gasteiger partial charge in [0.15, 0.2) is 0 Å². The fourth-order valence-corrected chi connectivity index (χ4v) is 1.49. The Morgan fingerprint density at radius 1 is 1.39 bits per heavy atom. The van der Waals surface area contributed by atoms with E-state index in [2.05, 4.69) is 26.0 Å². The van der Waals surface area contributed by atoms with Gasteiger partial charge in [0.25, 0.3) is 0 Å². The molecule has 0 spiro atoms. The fraction of sp³-hybridized carbons (Fsp3) is 0.545. The zero-order chi connectivity index (χ0) is 13.7. The van der Waals surface area contributed by atoms with Gasteiger partial charge in [-0.1, -0.05) is 6.92 Å². The summed E-state index contributed by atoms with van der Waals surface area (Å²) in [6.45, 7) is 5.56. The number of hydrogen-bond acceptors (Lipinski definition) is 6. The summed E-state index contributed by atoms with van der Waals surface area (Å²) in [5.41, 5.74) is 3.32. The van der Waals surface area contributed by atoms with Gasteiger partial charge in [-0.3, -0.25) is 4.79 Å². The molecule has 18 heavy (non-hydrogen) atoms. The van der Waals surface area contributed by atoms with Crippen molar-refractivity contribution < 1.29 is 4.79 Å². The summed E-state index contributed by atoms with van der Waals surface area (Å²) in [5.74, 6) is 7.16. The van der Waals surface area contributed by atoms with Crippen molar-refractivity contribution in [2.75, 3.05) is 17.8 Å². The van der Waals surface area contributed by atoms with Crippen molar-refractivity contribution in [2.24, 2.45) is 5.84 Å². The number of hydrogen-bond donors (Lipinski definition) is 4. The molecule has 0 fully saturated rings. The van der Waals surface area contributed by atoms with Crippen LogP contribution in [0.5, 0.6) is 0 Å². The smallest absolute Gasteiger partial charge is 0.241 e. The number of aryl methyl sites for hydroxylation is 1. The van der Waals surface area contributed by atoms with Crippen LogP contribution in [-0.2, 0) is 11.2 Å². The summed E-state index contributed by atoms with van der Waals surface area (Å²) < 4.78 is 0. The zero-order valence-electron chi connectivity index (χ0n) is 11.2. The van der Waals surface area contributed by atoms with Gasteiger partial charge in [0.2, 0.25) is 5.91 Å². The molecule has 1 amide bonds. The van der Waals surface area contributed by atoms with Crippen LogP contribution in [0.25, 0.3) is 0 Å². The maximum absolute atomic E-state index is 11.5. The molecule has 0 aliphatic heterocycles. The highest BCUT2D eigenvalue weighted by Crippen LogP contribution is 2.20. The SMILES string of the molecule is CCc1nc(NN)c(C)c(NC(C)C(=O)NC)n1. The molecule has 1 rings (SSSR count). The summed E-state index contributed by atoms with van der Waals surface area (Å²) in [5, 5.41) is 5.63. The quantitative estimate of drug-likeness (QED) is 0.440. The Labute approximate surface area is 107 Å². The van der Waals surface area contributed by atoms with E-state index in [1.165, 1.54) is 0 Å². The van der Waals surface area contributed by atoms with Crippen molar-refractivity contribution in [1.29, 1.82) is 0 Å². The van der Waals surface area contributed by atoms with E-state index >= 15 is 0 Å². The second-order valence-corrected chi connectivity index (χ2v) is 3.94. The maximum atomic E-state index is 11.5. The third kappa shape index (κ3) is 3.07. The number of nitrogens with two attached hydrogens (primary N) is 1. The molecule has 5 N–H and O–H groups in total. The van der Waals surface area contributed by atoms with Crippen LogP contribution in [0.15, 0.2) is 0 Å². The van der Waals surface area contributed by atoms with Crippen molar-refractivity contribution in [1.82, 2.24) is 15.3 Å². The lowest BCUT2D eigenvalue weighted by atomic mass is 10.2. The van der Waals surface area contributed by atoms with Gasteiger partial charge in [0, 0.05) is 19.0 Å². The van der Waals surface area contributed by atoms with Crippen LogP contribution in [-0.4, -0.2) is 29.0 Å². The second kappa shape index (κ2) is 6.15. The molecule has 1 atom stereocenters. The Hall–Kier alpha value is -1.89. The van der Waals surface area contributed by atoms with Gasteiger partial charge in [0.05, 0.1) is 0 Å². The Morgan fingerprint density at radius 2 is 2.00 bits per heavy atom. The Balaban J connectivity index is 3.03. The van der Waals surface area contributed by atoms with Gasteiger partial charge < -0.3 is 16.1 Å². The Bertz CT molecular complexity index is 434. The van der Waals surface area contributed by atoms with Crippen molar-refractivity contribution in [2.45, 2.75) is 33.2 Å². The first-order valence-electron chi connectivity index (χ1n) is 5.85. The number of carbonyl (C=O) groups is 1. The van der Waals surface area contributed by atoms with Crippen molar-refractivity contribution >= 4 is 17.5 Å². The molecule has 1 aromatic rings. The number of hydrazine groups is 1. The summed E-state index contributed by atoms with van der Waals surface area (Å²) >= 11 is 0. The minimum absolute atomic E-state index is 0.103. The minimum Gasteiger partial charge on any atom is -0.358 e. The largest absolute Gasteiger partial charge is 0.358 e. The average Bonchev–Trinajstić information content (AvgIpc) is 2.39. The number of nitrogen functional groups attached to an aromatic ring is 1. The normalized spacial score (nSPS) is 11.8. The number of nitrogens with one attached hydrogen (secondary N) is 3. The summed E-state index contributed by atoms with van der Waals surface area (Å²) in [6, 6.07) is -0.376. The molecule has 0 radical (unpaired) electrons. The molecule has 7 nitrogen and oxygen atoms in total. The average molecular weight is 252 g/mol. The first-order valence-corrected chi connectivity index (χ1v) is 5.85. The predicted octanol–water partition coefficient (Wildman–Crippen LogP) is 0.179. The van der Waals surface area contributed by atoms with Crippen LogP contribution in [0.1, 0.15) is 25.2 Å². The monoisotopic (exact) mass is 252 g/mol. The molecular weight excluding hydrogens is 232 g/mol. The summed E-state index contributed by atoms with van der Waals surface area (Å²) in [6.07, 6.45) is 0.692. The van der Waals surface area contributed by atoms with E-state index in [9.17, 15) is 4.79 Å². The van der Waals surface area contributed by atoms with Gasteiger partial charge >= 0.3 is 0 Å². The van der Waals surface area contributed by atoms with Crippen LogP contribution in [0, 0.1) is 6.92 Å². The van der Waals surface area contributed by atoms with Crippen molar-refractivity contribution in [3.63, 3.8) is 0 Å². The van der Waals surface area contributed by atoms with E-state index in [1.807, 2.05) is 13.8 Å². The first kappa shape index (κ1) is 14.2. The first-order chi connectivity index (χ1) is 8.53. The maximum Gasteiger partial charge on any atom is 0.241 e. The van der Waals surface area contributed by atoms with Crippen molar-refractivity contribution in [3.05, 3.63) is 11.4 Å². The van der Waals surface area contributed by atoms with Crippen molar-refractivity contribution in [3.8, 4) is 0 Å². The molecule has 0 bridgehead atoms. The van der Waals surface area contributed by atoms with Crippen LogP contribution in [0.3, 0.4) is 0 Å². The van der Waals surface area contributed by atoms with Gasteiger partial charge in [-0.05, 0) is 13.8 Å². The second-order valence-electron chi connectivity index (χ2n) is 3.94. The molecule has 1 aromatic heterocycles. The molecule has 0 saturated carbocycles. The summed E-state index contributed by atoms with van der Waals surface area (Å²) in [4.78, 5) is 20.1. The highest BCUT2D eigenvalue weighted by atomic mass is 16.2. The fourth-order valence-electron chi connectivity index (χ4n) is 1.49. The predicted molar refractivity (Wildman–Crippen MR) is 71.1 cm³/mol. The van der Waals surface area contributed by atoms with Gasteiger partial charge in [0.1, 0.15) is 23.5 Å². The molecule has 0 aliphatic carbocycles. The highest BCUT2D eigenvalue weighted by Gasteiger charge is 2.15. The van der Waals surface area contributed by atoms with E-state index < -0.39 is 0 Å². The van der Waals surface area contributed by atoms with E-state index in [-0.39, 0.29) is 11.9 Å². The molecular formula is C11H20N6O. The lowest BCUT2D eigenvalue weighted by Gasteiger charge is -2.17. The molecule has 1 heterocycles. The van der Waals surface area contributed by atoms with Crippen LogP contribution < -0.4 is 21.9 Å². The number of carbonyl (C=O) groups excluding carboxylic acids is 1. The highest BCUT2D eigenvalue weighted by molar-refractivity contribution is 5.84. The summed E-state index contributed by atoms with van der Waals surface area (Å²) in [7, 11) is 1.59. The van der Waals surface area contributed by atoms with E-state index in [0.29, 0.717) is 23.9 Å². The molecule has 7 heteroatoms. The van der Waals surface area contributed by atoms with Crippen LogP contribution >= 0.6 is 0 Å². The van der Waals surface area contributed by atoms with E-state index in [1.54, 1.807) is 14.0 Å². The number of rotatable bonds is 5. The van der Waals surface area contributed by atoms with Crippen LogP contribution in [0.4, 0.5) is 11.6 Å². The molecule has 0 aliphatic rings. The number of anilines is 2. The topological polar surface area (TPSA) is 105 Å². The lowest BCUT2D eigenvalue weighted by Crippen LogP contribution is -2.35. The molecule has 0 saturated heterocycles. The van der Waals surface area contributed by atoms with Crippen LogP contribution in [0.2, 0.25) is 0 Å². The third-order valence-electron chi connectivity index (χ3n) is 2.64. The molecule has 1 unspecified atom stereocenters. The number of nitrogens with zero attached hydrogens (tertiary/aromatic N) is 2. The number of aromatic nitrogens is 2. The van der Waals surface area contributed by atoms with E-state index in [4.69, 9.17) is 5.84 Å². The minimum atomic E-state index is -0.376. The standard InChI is InChI=1S/C11H20N6O/c1-5-8-15-9(6(2)10(16-8)17-12)14-7(3)11(18)13-4/h7H,5,12H2,1-4H3,(H,13,18)(H2,14,15,16,17). The zero-order valence-corrected chi connectivity index (χ0v) is 11.2. The lowest BCUT2D eigenvalue weighted by molar-refractivity contribution is -0.121. The van der Waals surface area contributed by atoms with Gasteiger partial charge in [-0.25, -0.2) is 15.8 Å². The van der Waals surface area contributed by atoms with Gasteiger partial charge in [-0.15, -0.1) is 0 Å². The van der Waals surface area contributed by atoms with Gasteiger partial charge in [-0.2, -0.15) is 0 Å². The number of amides is 1. The van der Waals surface area contributed by atoms with E-state index in [0.717, 1.165) is 5.56 Å².